The van der Waals surface area contributed by atoms with Crippen molar-refractivity contribution < 1.29 is 17.9 Å². The maximum atomic E-state index is 13.0. The summed E-state index contributed by atoms with van der Waals surface area (Å²) in [7, 11) is -0.386. The maximum Gasteiger partial charge on any atom is 0.246 e. The van der Waals surface area contributed by atoms with Crippen molar-refractivity contribution >= 4 is 33.4 Å². The van der Waals surface area contributed by atoms with Crippen molar-refractivity contribution in [1.82, 2.24) is 13.9 Å². The number of anilines is 1. The van der Waals surface area contributed by atoms with Crippen LogP contribution in [-0.4, -0.2) is 54.1 Å². The molecule has 28 heavy (non-hydrogen) atoms. The minimum Gasteiger partial charge on any atom is -0.495 e. The Morgan fingerprint density at radius 1 is 1.29 bits per heavy atom. The number of imidazole rings is 1. The Balaban J connectivity index is 1.74. The van der Waals surface area contributed by atoms with Crippen LogP contribution in [0.3, 0.4) is 0 Å². The van der Waals surface area contributed by atoms with Crippen LogP contribution in [0.2, 0.25) is 0 Å². The molecule has 2 aromatic rings. The lowest BCUT2D eigenvalue weighted by Gasteiger charge is -2.26. The zero-order valence-corrected chi connectivity index (χ0v) is 17.6. The normalized spacial score (nSPS) is 15.4. The smallest absolute Gasteiger partial charge is 0.246 e. The Bertz CT molecular complexity index is 937. The highest BCUT2D eigenvalue weighted by molar-refractivity contribution is 7.99. The van der Waals surface area contributed by atoms with E-state index in [-0.39, 0.29) is 22.3 Å². The topological polar surface area (TPSA) is 93.5 Å². The first-order valence-electron chi connectivity index (χ1n) is 9.00. The van der Waals surface area contributed by atoms with Crippen LogP contribution in [0.15, 0.2) is 40.6 Å². The van der Waals surface area contributed by atoms with Gasteiger partial charge in [0.25, 0.3) is 0 Å². The van der Waals surface area contributed by atoms with Crippen LogP contribution in [-0.2, 0) is 21.9 Å². The Kier molecular flexibility index (Phi) is 6.63. The zero-order valence-electron chi connectivity index (χ0n) is 15.9. The third-order valence-corrected chi connectivity index (χ3v) is 7.47. The van der Waals surface area contributed by atoms with Gasteiger partial charge in [0, 0.05) is 38.2 Å². The average molecular weight is 425 g/mol. The van der Waals surface area contributed by atoms with Crippen LogP contribution in [0, 0.1) is 0 Å². The fourth-order valence-corrected chi connectivity index (χ4v) is 5.45. The molecule has 8 nitrogen and oxygen atoms in total. The number of methoxy groups -OCH3 is 1. The number of amides is 1. The molecule has 1 aliphatic heterocycles. The quantitative estimate of drug-likeness (QED) is 0.686. The molecule has 1 aromatic heterocycles. The first-order valence-corrected chi connectivity index (χ1v) is 11.4. The van der Waals surface area contributed by atoms with E-state index >= 15 is 0 Å². The van der Waals surface area contributed by atoms with Gasteiger partial charge in [-0.25, -0.2) is 13.4 Å². The molecule has 10 heteroatoms. The van der Waals surface area contributed by atoms with E-state index in [1.54, 1.807) is 24.5 Å². The van der Waals surface area contributed by atoms with Gasteiger partial charge in [-0.05, 0) is 31.0 Å². The lowest BCUT2D eigenvalue weighted by atomic mass is 10.2. The lowest BCUT2D eigenvalue weighted by molar-refractivity contribution is -0.113. The summed E-state index contributed by atoms with van der Waals surface area (Å²) in [6.07, 6.45) is 6.21. The molecule has 0 aliphatic carbocycles. The fraction of sp³-hybridized carbons (Fsp3) is 0.444. The maximum absolute atomic E-state index is 13.0. The summed E-state index contributed by atoms with van der Waals surface area (Å²) in [4.78, 5) is 16.5. The highest BCUT2D eigenvalue weighted by Gasteiger charge is 2.29. The SMILES string of the molecule is COc1ccc(NC(=O)CSc2nccn2C)cc1S(=O)(=O)N1CCCCC1. The molecule has 1 aromatic carbocycles. The Hall–Kier alpha value is -2.04. The number of piperidine rings is 1. The van der Waals surface area contributed by atoms with E-state index in [1.807, 2.05) is 11.6 Å². The van der Waals surface area contributed by atoms with Crippen LogP contribution in [0.5, 0.6) is 5.75 Å². The molecule has 0 saturated carbocycles. The van der Waals surface area contributed by atoms with Gasteiger partial charge in [0.1, 0.15) is 10.6 Å². The zero-order chi connectivity index (χ0) is 20.1. The summed E-state index contributed by atoms with van der Waals surface area (Å²) in [5, 5.41) is 3.49. The lowest BCUT2D eigenvalue weighted by Crippen LogP contribution is -2.35. The molecule has 0 radical (unpaired) electrons. The van der Waals surface area contributed by atoms with Crippen molar-refractivity contribution in [2.45, 2.75) is 29.3 Å². The third kappa shape index (κ3) is 4.68. The van der Waals surface area contributed by atoms with Crippen LogP contribution in [0.4, 0.5) is 5.69 Å². The van der Waals surface area contributed by atoms with Crippen LogP contribution < -0.4 is 10.1 Å². The minimum absolute atomic E-state index is 0.0754. The van der Waals surface area contributed by atoms with Gasteiger partial charge in [-0.2, -0.15) is 4.31 Å². The molecule has 1 saturated heterocycles. The second kappa shape index (κ2) is 8.97. The number of nitrogens with one attached hydrogen (secondary N) is 1. The van der Waals surface area contributed by atoms with Crippen molar-refractivity contribution in [3.05, 3.63) is 30.6 Å². The van der Waals surface area contributed by atoms with E-state index in [9.17, 15) is 13.2 Å². The summed E-state index contributed by atoms with van der Waals surface area (Å²) in [5.74, 6) is 0.205. The van der Waals surface area contributed by atoms with E-state index in [4.69, 9.17) is 4.74 Å². The number of rotatable bonds is 7. The number of benzene rings is 1. The van der Waals surface area contributed by atoms with Crippen molar-refractivity contribution in [3.8, 4) is 5.75 Å². The summed E-state index contributed by atoms with van der Waals surface area (Å²) >= 11 is 1.31. The van der Waals surface area contributed by atoms with Crippen molar-refractivity contribution in [2.75, 3.05) is 31.3 Å². The highest BCUT2D eigenvalue weighted by atomic mass is 32.2. The van der Waals surface area contributed by atoms with Gasteiger partial charge in [0.2, 0.25) is 15.9 Å². The second-order valence-corrected chi connectivity index (χ2v) is 9.34. The van der Waals surface area contributed by atoms with Gasteiger partial charge in [-0.3, -0.25) is 4.79 Å². The predicted octanol–water partition coefficient (Wildman–Crippen LogP) is 2.33. The monoisotopic (exact) mass is 424 g/mol. The molecule has 3 rings (SSSR count). The molecule has 0 unspecified atom stereocenters. The highest BCUT2D eigenvalue weighted by Crippen LogP contribution is 2.31. The number of ether oxygens (including phenoxy) is 1. The summed E-state index contributed by atoms with van der Waals surface area (Å²) in [5.41, 5.74) is 0.418. The predicted molar refractivity (Wildman–Crippen MR) is 108 cm³/mol. The minimum atomic E-state index is -3.68. The number of carbonyl (C=O) groups is 1. The largest absolute Gasteiger partial charge is 0.495 e. The molecule has 1 amide bonds. The van der Waals surface area contributed by atoms with Gasteiger partial charge in [-0.15, -0.1) is 0 Å². The molecular weight excluding hydrogens is 400 g/mol. The summed E-state index contributed by atoms with van der Waals surface area (Å²) < 4.78 is 34.7. The number of aromatic nitrogens is 2. The molecule has 0 bridgehead atoms. The van der Waals surface area contributed by atoms with Crippen molar-refractivity contribution in [1.29, 1.82) is 0 Å². The summed E-state index contributed by atoms with van der Waals surface area (Å²) in [6, 6.07) is 4.67. The first kappa shape index (κ1) is 20.7. The number of nitrogens with zero attached hydrogens (tertiary/aromatic N) is 3. The van der Waals surface area contributed by atoms with Crippen molar-refractivity contribution in [2.24, 2.45) is 7.05 Å². The van der Waals surface area contributed by atoms with Crippen molar-refractivity contribution in [3.63, 3.8) is 0 Å². The molecule has 1 N–H and O–H groups in total. The summed E-state index contributed by atoms with van der Waals surface area (Å²) in [6.45, 7) is 1.00. The Morgan fingerprint density at radius 2 is 2.04 bits per heavy atom. The fourth-order valence-electron chi connectivity index (χ4n) is 3.02. The number of sulfonamides is 1. The number of hydrogen-bond donors (Lipinski definition) is 1. The Labute approximate surface area is 169 Å². The van der Waals surface area contributed by atoms with Gasteiger partial charge in [-0.1, -0.05) is 18.2 Å². The van der Waals surface area contributed by atoms with Crippen LogP contribution in [0.25, 0.3) is 0 Å². The average Bonchev–Trinajstić information content (AvgIpc) is 3.12. The molecular formula is C18H24N4O4S2. The van der Waals surface area contributed by atoms with E-state index in [2.05, 4.69) is 10.3 Å². The van der Waals surface area contributed by atoms with Crippen LogP contribution in [0.1, 0.15) is 19.3 Å². The second-order valence-electron chi connectivity index (χ2n) is 6.49. The third-order valence-electron chi connectivity index (χ3n) is 4.49. The van der Waals surface area contributed by atoms with Gasteiger partial charge in [0.05, 0.1) is 12.9 Å². The number of carbonyl (C=O) groups excluding carboxylic acids is 1. The van der Waals surface area contributed by atoms with Gasteiger partial charge < -0.3 is 14.6 Å². The van der Waals surface area contributed by atoms with E-state index in [1.165, 1.54) is 29.2 Å². The molecule has 1 aliphatic rings. The van der Waals surface area contributed by atoms with Crippen LogP contribution >= 0.6 is 11.8 Å². The van der Waals surface area contributed by atoms with Gasteiger partial charge in [0.15, 0.2) is 5.16 Å². The standard InChI is InChI=1S/C18H24N4O4S2/c1-21-11-8-19-18(21)27-13-17(23)20-14-6-7-15(26-2)16(12-14)28(24,25)22-9-4-3-5-10-22/h6-8,11-12H,3-5,9-10,13H2,1-2H3,(H,20,23). The first-order chi connectivity index (χ1) is 13.4. The molecule has 2 heterocycles. The van der Waals surface area contributed by atoms with Gasteiger partial charge >= 0.3 is 0 Å². The molecule has 0 atom stereocenters. The van der Waals surface area contributed by atoms with E-state index in [0.717, 1.165) is 24.4 Å². The molecule has 0 spiro atoms. The number of aryl methyl sites for hydroxylation is 1. The Morgan fingerprint density at radius 3 is 2.68 bits per heavy atom. The number of hydrogen-bond acceptors (Lipinski definition) is 6. The van der Waals surface area contributed by atoms with E-state index < -0.39 is 10.0 Å². The van der Waals surface area contributed by atoms with E-state index in [0.29, 0.717) is 18.8 Å². The molecule has 1 fully saturated rings. The number of thioether (sulfide) groups is 1. The molecule has 152 valence electrons.